The van der Waals surface area contributed by atoms with Crippen LogP contribution in [0.1, 0.15) is 50.9 Å². The summed E-state index contributed by atoms with van der Waals surface area (Å²) >= 11 is 1.29. The van der Waals surface area contributed by atoms with E-state index in [4.69, 9.17) is 10.8 Å². The Morgan fingerprint density at radius 3 is 2.46 bits per heavy atom. The van der Waals surface area contributed by atoms with Crippen LogP contribution in [0.15, 0.2) is 60.8 Å². The third kappa shape index (κ3) is 8.41. The van der Waals surface area contributed by atoms with E-state index in [2.05, 4.69) is 0 Å². The molecule has 1 aromatic heterocycles. The zero-order valence-corrected chi connectivity index (χ0v) is 23.5. The first-order valence-electron chi connectivity index (χ1n) is 13.0. The van der Waals surface area contributed by atoms with E-state index < -0.39 is 29.1 Å². The topological polar surface area (TPSA) is 88.6 Å². The molecule has 9 heteroatoms. The lowest BCUT2D eigenvalue weighted by Crippen LogP contribution is -2.44. The number of aliphatic carboxylic acids is 1. The van der Waals surface area contributed by atoms with Gasteiger partial charge in [0.25, 0.3) is 0 Å². The SMILES string of the molecule is CC(C)(C)C(c1cc(-c2cc(F)ccc2F)cn1Cc1ccccc1)N(CCCN)C(=O)CSCCC(=O)O. The number of carbonyl (C=O) groups excluding carboxylic acids is 1. The molecule has 1 heterocycles. The number of benzene rings is 2. The average molecular weight is 558 g/mol. The molecule has 0 aliphatic heterocycles. The number of aromatic nitrogens is 1. The second-order valence-electron chi connectivity index (χ2n) is 10.6. The molecule has 3 rings (SSSR count). The zero-order chi connectivity index (χ0) is 28.6. The normalized spacial score (nSPS) is 12.4. The summed E-state index contributed by atoms with van der Waals surface area (Å²) in [5.74, 6) is -1.62. The van der Waals surface area contributed by atoms with Gasteiger partial charge in [0.2, 0.25) is 5.91 Å². The highest BCUT2D eigenvalue weighted by Crippen LogP contribution is 2.41. The number of amides is 1. The molecular weight excluding hydrogens is 520 g/mol. The number of hydrogen-bond donors (Lipinski definition) is 2. The smallest absolute Gasteiger partial charge is 0.304 e. The van der Waals surface area contributed by atoms with E-state index in [1.54, 1.807) is 0 Å². The van der Waals surface area contributed by atoms with Crippen LogP contribution in [0.2, 0.25) is 0 Å². The van der Waals surface area contributed by atoms with Crippen LogP contribution in [-0.4, -0.2) is 51.0 Å². The molecule has 0 aliphatic carbocycles. The van der Waals surface area contributed by atoms with Crippen LogP contribution in [0.3, 0.4) is 0 Å². The number of nitrogens with zero attached hydrogens (tertiary/aromatic N) is 2. The molecule has 1 unspecified atom stereocenters. The second kappa shape index (κ2) is 13.8. The lowest BCUT2D eigenvalue weighted by Gasteiger charge is -2.41. The van der Waals surface area contributed by atoms with Crippen molar-refractivity contribution in [3.8, 4) is 11.1 Å². The van der Waals surface area contributed by atoms with E-state index in [1.807, 2.05) is 72.8 Å². The summed E-state index contributed by atoms with van der Waals surface area (Å²) in [5, 5.41) is 8.96. The molecule has 0 radical (unpaired) electrons. The maximum absolute atomic E-state index is 14.8. The van der Waals surface area contributed by atoms with E-state index in [1.165, 1.54) is 17.8 Å². The Labute approximate surface area is 233 Å². The highest BCUT2D eigenvalue weighted by Gasteiger charge is 2.37. The van der Waals surface area contributed by atoms with Crippen LogP contribution >= 0.6 is 11.8 Å². The third-order valence-corrected chi connectivity index (χ3v) is 7.33. The molecule has 0 saturated carbocycles. The molecule has 210 valence electrons. The molecule has 0 bridgehead atoms. The number of rotatable bonds is 13. The fourth-order valence-corrected chi connectivity index (χ4v) is 5.48. The molecule has 0 spiro atoms. The van der Waals surface area contributed by atoms with Gasteiger partial charge in [-0.15, -0.1) is 0 Å². The molecule has 3 N–H and O–H groups in total. The first-order chi connectivity index (χ1) is 18.5. The Morgan fingerprint density at radius 1 is 1.10 bits per heavy atom. The first kappa shape index (κ1) is 30.4. The molecule has 2 aromatic carbocycles. The lowest BCUT2D eigenvalue weighted by molar-refractivity contribution is -0.136. The Balaban J connectivity index is 2.10. The predicted molar refractivity (Wildman–Crippen MR) is 152 cm³/mol. The largest absolute Gasteiger partial charge is 0.481 e. The van der Waals surface area contributed by atoms with Crippen molar-refractivity contribution in [3.63, 3.8) is 0 Å². The maximum atomic E-state index is 14.8. The molecule has 0 saturated heterocycles. The summed E-state index contributed by atoms with van der Waals surface area (Å²) in [5.41, 5.74) is 7.90. The third-order valence-electron chi connectivity index (χ3n) is 6.39. The zero-order valence-electron chi connectivity index (χ0n) is 22.7. The van der Waals surface area contributed by atoms with Crippen molar-refractivity contribution in [2.75, 3.05) is 24.6 Å². The number of carboxylic acid groups (broad SMARTS) is 1. The highest BCUT2D eigenvalue weighted by molar-refractivity contribution is 7.99. The van der Waals surface area contributed by atoms with Crippen LogP contribution in [0.5, 0.6) is 0 Å². The van der Waals surface area contributed by atoms with Gasteiger partial charge < -0.3 is 20.3 Å². The van der Waals surface area contributed by atoms with Gasteiger partial charge in [-0.05, 0) is 48.2 Å². The number of halogens is 2. The van der Waals surface area contributed by atoms with Crippen molar-refractivity contribution in [3.05, 3.63) is 83.7 Å². The van der Waals surface area contributed by atoms with Crippen molar-refractivity contribution in [2.24, 2.45) is 11.1 Å². The number of thioether (sulfide) groups is 1. The Bertz CT molecular complexity index is 1260. The summed E-state index contributed by atoms with van der Waals surface area (Å²) in [6.07, 6.45) is 2.38. The number of carboxylic acids is 1. The fourth-order valence-electron chi connectivity index (χ4n) is 4.67. The van der Waals surface area contributed by atoms with Gasteiger partial charge in [0.15, 0.2) is 0 Å². The standard InChI is InChI=1S/C30H37F2N3O3S/c1-30(2,3)29(35(14-7-13-33)27(36)20-39-15-12-28(37)38)26-16-22(24-17-23(31)10-11-25(24)32)19-34(26)18-21-8-5-4-6-9-21/h4-6,8-11,16-17,19,29H,7,12-15,18,20,33H2,1-3H3,(H,37,38). The second-order valence-corrected chi connectivity index (χ2v) is 11.7. The van der Waals surface area contributed by atoms with E-state index in [0.717, 1.165) is 23.4 Å². The number of nitrogens with two attached hydrogens (primary N) is 1. The molecular formula is C30H37F2N3O3S. The van der Waals surface area contributed by atoms with Gasteiger partial charge in [-0.2, -0.15) is 11.8 Å². The molecule has 39 heavy (non-hydrogen) atoms. The molecule has 1 atom stereocenters. The quantitative estimate of drug-likeness (QED) is 0.254. The van der Waals surface area contributed by atoms with Gasteiger partial charge >= 0.3 is 5.97 Å². The Morgan fingerprint density at radius 2 is 1.82 bits per heavy atom. The molecule has 3 aromatic rings. The van der Waals surface area contributed by atoms with Crippen LogP contribution in [-0.2, 0) is 16.1 Å². The predicted octanol–water partition coefficient (Wildman–Crippen LogP) is 5.95. The van der Waals surface area contributed by atoms with Gasteiger partial charge in [-0.1, -0.05) is 51.1 Å². The molecule has 0 aliphatic rings. The summed E-state index contributed by atoms with van der Waals surface area (Å²) in [4.78, 5) is 26.3. The van der Waals surface area contributed by atoms with Crippen LogP contribution < -0.4 is 5.73 Å². The Hall–Kier alpha value is -3.17. The van der Waals surface area contributed by atoms with Crippen LogP contribution in [0.4, 0.5) is 8.78 Å². The Kier molecular flexibility index (Phi) is 10.7. The van der Waals surface area contributed by atoms with E-state index >= 15 is 0 Å². The number of hydrogen-bond acceptors (Lipinski definition) is 4. The van der Waals surface area contributed by atoms with Gasteiger partial charge in [0.05, 0.1) is 18.2 Å². The van der Waals surface area contributed by atoms with Crippen molar-refractivity contribution in [2.45, 2.75) is 46.2 Å². The first-order valence-corrected chi connectivity index (χ1v) is 14.1. The summed E-state index contributed by atoms with van der Waals surface area (Å²) in [6, 6.07) is 14.6. The van der Waals surface area contributed by atoms with Crippen molar-refractivity contribution in [1.29, 1.82) is 0 Å². The number of carbonyl (C=O) groups is 2. The molecule has 6 nitrogen and oxygen atoms in total. The van der Waals surface area contributed by atoms with Crippen LogP contribution in [0.25, 0.3) is 11.1 Å². The van der Waals surface area contributed by atoms with E-state index in [9.17, 15) is 18.4 Å². The van der Waals surface area contributed by atoms with Crippen molar-refractivity contribution >= 4 is 23.6 Å². The summed E-state index contributed by atoms with van der Waals surface area (Å²) in [7, 11) is 0. The average Bonchev–Trinajstić information content (AvgIpc) is 3.27. The van der Waals surface area contributed by atoms with Crippen molar-refractivity contribution < 1.29 is 23.5 Å². The molecule has 1 amide bonds. The van der Waals surface area contributed by atoms with Gasteiger partial charge in [-0.3, -0.25) is 9.59 Å². The minimum absolute atomic E-state index is 0.0219. The summed E-state index contributed by atoms with van der Waals surface area (Å²) < 4.78 is 31.0. The van der Waals surface area contributed by atoms with Crippen molar-refractivity contribution in [1.82, 2.24) is 9.47 Å². The van der Waals surface area contributed by atoms with Gasteiger partial charge in [0, 0.05) is 41.9 Å². The fraction of sp³-hybridized carbons (Fsp3) is 0.400. The van der Waals surface area contributed by atoms with Crippen LogP contribution in [0, 0.1) is 17.0 Å². The highest BCUT2D eigenvalue weighted by atomic mass is 32.2. The minimum atomic E-state index is -0.904. The van der Waals surface area contributed by atoms with E-state index in [-0.39, 0.29) is 23.6 Å². The van der Waals surface area contributed by atoms with Gasteiger partial charge in [0.1, 0.15) is 11.6 Å². The van der Waals surface area contributed by atoms with Gasteiger partial charge in [-0.25, -0.2) is 8.78 Å². The minimum Gasteiger partial charge on any atom is -0.481 e. The maximum Gasteiger partial charge on any atom is 0.304 e. The monoisotopic (exact) mass is 557 g/mol. The lowest BCUT2D eigenvalue weighted by atomic mass is 9.83. The summed E-state index contributed by atoms with van der Waals surface area (Å²) in [6.45, 7) is 7.42. The molecule has 0 fully saturated rings. The van der Waals surface area contributed by atoms with E-state index in [0.29, 0.717) is 37.4 Å².